The lowest BCUT2D eigenvalue weighted by molar-refractivity contribution is -0.132. The fourth-order valence-corrected chi connectivity index (χ4v) is 3.27. The molecule has 154 valence electrons. The van der Waals surface area contributed by atoms with Crippen molar-refractivity contribution in [3.8, 4) is 11.5 Å². The first-order valence-electron chi connectivity index (χ1n) is 10.1. The van der Waals surface area contributed by atoms with E-state index in [4.69, 9.17) is 9.47 Å². The first kappa shape index (κ1) is 20.7. The van der Waals surface area contributed by atoms with Gasteiger partial charge in [-0.15, -0.1) is 0 Å². The fraction of sp³-hybridized carbons (Fsp3) is 0.391. The van der Waals surface area contributed by atoms with Crippen molar-refractivity contribution >= 4 is 12.0 Å². The maximum atomic E-state index is 12.4. The largest absolute Gasteiger partial charge is 0.494 e. The molecule has 3 rings (SSSR count). The first-order valence-corrected chi connectivity index (χ1v) is 10.1. The van der Waals surface area contributed by atoms with E-state index in [9.17, 15) is 9.59 Å². The molecule has 6 nitrogen and oxygen atoms in total. The lowest BCUT2D eigenvalue weighted by Crippen LogP contribution is -2.47. The Labute approximate surface area is 171 Å². The van der Waals surface area contributed by atoms with Gasteiger partial charge >= 0.3 is 6.09 Å². The number of hydrogen-bond acceptors (Lipinski definition) is 4. The van der Waals surface area contributed by atoms with Gasteiger partial charge in [0.25, 0.3) is 0 Å². The zero-order valence-corrected chi connectivity index (χ0v) is 16.8. The molecule has 0 atom stereocenters. The third-order valence-corrected chi connectivity index (χ3v) is 4.95. The molecule has 0 aromatic heterocycles. The van der Waals surface area contributed by atoms with Crippen molar-refractivity contribution in [3.63, 3.8) is 0 Å². The second kappa shape index (κ2) is 10.5. The van der Waals surface area contributed by atoms with Gasteiger partial charge in [-0.3, -0.25) is 4.79 Å². The predicted octanol–water partition coefficient (Wildman–Crippen LogP) is 3.93. The molecule has 0 aliphatic carbocycles. The normalized spacial score (nSPS) is 14.3. The van der Waals surface area contributed by atoms with Crippen LogP contribution in [0.1, 0.15) is 31.2 Å². The van der Waals surface area contributed by atoms with E-state index in [0.717, 1.165) is 18.6 Å². The van der Waals surface area contributed by atoms with Crippen LogP contribution in [-0.2, 0) is 4.79 Å². The zero-order chi connectivity index (χ0) is 20.5. The summed E-state index contributed by atoms with van der Waals surface area (Å²) in [4.78, 5) is 26.2. The molecule has 1 saturated heterocycles. The van der Waals surface area contributed by atoms with Crippen LogP contribution < -0.4 is 14.8 Å². The van der Waals surface area contributed by atoms with Crippen LogP contribution in [0.3, 0.4) is 0 Å². The summed E-state index contributed by atoms with van der Waals surface area (Å²) in [5, 5.41) is 2.88. The Morgan fingerprint density at radius 1 is 1.00 bits per heavy atom. The highest BCUT2D eigenvalue weighted by Gasteiger charge is 2.24. The Hall–Kier alpha value is -3.02. The number of amides is 2. The Bertz CT molecular complexity index is 784. The number of likely N-dealkylation sites (tertiary alicyclic amines) is 1. The molecule has 1 aliphatic heterocycles. The molecular weight excluding hydrogens is 368 g/mol. The SMILES string of the molecule is Cc1ccc(OCCCC(=O)N2CCC(NC(=O)Oc3ccccc3)CC2)cc1. The number of para-hydroxylation sites is 1. The number of rotatable bonds is 7. The van der Waals surface area contributed by atoms with E-state index in [1.807, 2.05) is 54.3 Å². The van der Waals surface area contributed by atoms with Gasteiger partial charge in [0.2, 0.25) is 5.91 Å². The fourth-order valence-electron chi connectivity index (χ4n) is 3.27. The topological polar surface area (TPSA) is 67.9 Å². The second-order valence-corrected chi connectivity index (χ2v) is 7.27. The molecule has 2 aromatic carbocycles. The standard InChI is InChI=1S/C23H28N2O4/c1-18-9-11-20(12-10-18)28-17-5-8-22(26)25-15-13-19(14-16-25)24-23(27)29-21-6-3-2-4-7-21/h2-4,6-7,9-12,19H,5,8,13-17H2,1H3,(H,24,27). The number of hydrogen-bond donors (Lipinski definition) is 1. The quantitative estimate of drug-likeness (QED) is 0.720. The smallest absolute Gasteiger partial charge is 0.412 e. The average molecular weight is 396 g/mol. The van der Waals surface area contributed by atoms with Gasteiger partial charge in [0.1, 0.15) is 11.5 Å². The van der Waals surface area contributed by atoms with Crippen LogP contribution in [0, 0.1) is 6.92 Å². The summed E-state index contributed by atoms with van der Waals surface area (Å²) in [6.45, 7) is 3.85. The number of piperidine rings is 1. The van der Waals surface area contributed by atoms with E-state index >= 15 is 0 Å². The molecule has 0 spiro atoms. The van der Waals surface area contributed by atoms with Gasteiger partial charge in [0, 0.05) is 25.6 Å². The third kappa shape index (κ3) is 6.82. The van der Waals surface area contributed by atoms with Crippen LogP contribution in [-0.4, -0.2) is 42.6 Å². The van der Waals surface area contributed by atoms with Crippen molar-refractivity contribution in [1.29, 1.82) is 0 Å². The Balaban J connectivity index is 1.30. The van der Waals surface area contributed by atoms with Crippen molar-refractivity contribution in [2.75, 3.05) is 19.7 Å². The molecule has 29 heavy (non-hydrogen) atoms. The molecule has 0 radical (unpaired) electrons. The molecule has 0 bridgehead atoms. The van der Waals surface area contributed by atoms with E-state index in [1.165, 1.54) is 5.56 Å². The van der Waals surface area contributed by atoms with Crippen LogP contribution in [0.15, 0.2) is 54.6 Å². The van der Waals surface area contributed by atoms with Crippen LogP contribution >= 0.6 is 0 Å². The van der Waals surface area contributed by atoms with Crippen molar-refractivity contribution in [2.24, 2.45) is 0 Å². The van der Waals surface area contributed by atoms with E-state index in [-0.39, 0.29) is 11.9 Å². The van der Waals surface area contributed by atoms with Crippen molar-refractivity contribution < 1.29 is 19.1 Å². The van der Waals surface area contributed by atoms with Gasteiger partial charge in [0.05, 0.1) is 6.61 Å². The average Bonchev–Trinajstić information content (AvgIpc) is 2.73. The van der Waals surface area contributed by atoms with Gasteiger partial charge in [-0.05, 0) is 50.5 Å². The number of aryl methyl sites for hydroxylation is 1. The molecule has 1 heterocycles. The highest BCUT2D eigenvalue weighted by molar-refractivity contribution is 5.76. The van der Waals surface area contributed by atoms with Crippen LogP contribution in [0.5, 0.6) is 11.5 Å². The van der Waals surface area contributed by atoms with Crippen molar-refractivity contribution in [2.45, 2.75) is 38.6 Å². The molecule has 2 aromatic rings. The van der Waals surface area contributed by atoms with Crippen LogP contribution in [0.4, 0.5) is 4.79 Å². The number of benzene rings is 2. The highest BCUT2D eigenvalue weighted by atomic mass is 16.6. The minimum absolute atomic E-state index is 0.0279. The Morgan fingerprint density at radius 3 is 2.38 bits per heavy atom. The minimum atomic E-state index is -0.450. The number of nitrogens with zero attached hydrogens (tertiary/aromatic N) is 1. The van der Waals surface area contributed by atoms with Crippen molar-refractivity contribution in [3.05, 3.63) is 60.2 Å². The molecule has 2 amide bonds. The zero-order valence-electron chi connectivity index (χ0n) is 16.8. The molecule has 1 N–H and O–H groups in total. The third-order valence-electron chi connectivity index (χ3n) is 4.95. The lowest BCUT2D eigenvalue weighted by Gasteiger charge is -2.32. The summed E-state index contributed by atoms with van der Waals surface area (Å²) in [5.74, 6) is 1.49. The maximum Gasteiger partial charge on any atom is 0.412 e. The molecule has 6 heteroatoms. The molecule has 1 aliphatic rings. The lowest BCUT2D eigenvalue weighted by atomic mass is 10.0. The summed E-state index contributed by atoms with van der Waals surface area (Å²) in [6, 6.07) is 16.9. The number of carbonyl (C=O) groups excluding carboxylic acids is 2. The van der Waals surface area contributed by atoms with Gasteiger partial charge in [0.15, 0.2) is 0 Å². The second-order valence-electron chi connectivity index (χ2n) is 7.27. The van der Waals surface area contributed by atoms with Crippen LogP contribution in [0.25, 0.3) is 0 Å². The van der Waals surface area contributed by atoms with Gasteiger partial charge in [-0.25, -0.2) is 4.79 Å². The van der Waals surface area contributed by atoms with Gasteiger partial charge < -0.3 is 19.7 Å². The summed E-state index contributed by atoms with van der Waals surface area (Å²) in [7, 11) is 0. The Morgan fingerprint density at radius 2 is 1.69 bits per heavy atom. The maximum absolute atomic E-state index is 12.4. The Kier molecular flexibility index (Phi) is 7.50. The van der Waals surface area contributed by atoms with Gasteiger partial charge in [-0.2, -0.15) is 0 Å². The number of ether oxygens (including phenoxy) is 2. The van der Waals surface area contributed by atoms with Crippen LogP contribution in [0.2, 0.25) is 0 Å². The predicted molar refractivity (Wildman–Crippen MR) is 111 cm³/mol. The monoisotopic (exact) mass is 396 g/mol. The van der Waals surface area contributed by atoms with E-state index in [2.05, 4.69) is 5.32 Å². The number of carbonyl (C=O) groups is 2. The minimum Gasteiger partial charge on any atom is -0.494 e. The summed E-state index contributed by atoms with van der Waals surface area (Å²) >= 11 is 0. The summed E-state index contributed by atoms with van der Waals surface area (Å²) in [5.41, 5.74) is 1.19. The molecule has 0 saturated carbocycles. The first-order chi connectivity index (χ1) is 14.1. The van der Waals surface area contributed by atoms with E-state index in [1.54, 1.807) is 12.1 Å². The summed E-state index contributed by atoms with van der Waals surface area (Å²) < 4.78 is 10.9. The summed E-state index contributed by atoms with van der Waals surface area (Å²) in [6.07, 6.45) is 2.17. The van der Waals surface area contributed by atoms with E-state index < -0.39 is 6.09 Å². The van der Waals surface area contributed by atoms with E-state index in [0.29, 0.717) is 38.3 Å². The molecule has 1 fully saturated rings. The molecular formula is C23H28N2O4. The van der Waals surface area contributed by atoms with Crippen molar-refractivity contribution in [1.82, 2.24) is 10.2 Å². The number of nitrogens with one attached hydrogen (secondary N) is 1. The van der Waals surface area contributed by atoms with Gasteiger partial charge in [-0.1, -0.05) is 35.9 Å². The highest BCUT2D eigenvalue weighted by Crippen LogP contribution is 2.15. The molecule has 0 unspecified atom stereocenters.